The quantitative estimate of drug-likeness (QED) is 0.277. The van der Waals surface area contributed by atoms with Gasteiger partial charge in [-0.3, -0.25) is 0 Å². The van der Waals surface area contributed by atoms with Crippen LogP contribution in [0.25, 0.3) is 21.9 Å². The summed E-state index contributed by atoms with van der Waals surface area (Å²) < 4.78 is 0. The Hall–Kier alpha value is -4.62. The molecule has 0 atom stereocenters. The van der Waals surface area contributed by atoms with Gasteiger partial charge in [0.1, 0.15) is 0 Å². The summed E-state index contributed by atoms with van der Waals surface area (Å²) >= 11 is 0. The van der Waals surface area contributed by atoms with Crippen LogP contribution in [0.1, 0.15) is 22.3 Å². The molecule has 170 valence electrons. The van der Waals surface area contributed by atoms with Crippen molar-refractivity contribution in [1.29, 1.82) is 0 Å². The molecule has 0 saturated heterocycles. The van der Waals surface area contributed by atoms with Crippen molar-refractivity contribution >= 4 is 22.1 Å². The van der Waals surface area contributed by atoms with Gasteiger partial charge in [0.15, 0.2) is 0 Å². The summed E-state index contributed by atoms with van der Waals surface area (Å²) in [6.07, 6.45) is 0. The van der Waals surface area contributed by atoms with Crippen LogP contribution in [-0.2, 0) is 5.41 Å². The molecule has 0 saturated carbocycles. The van der Waals surface area contributed by atoms with E-state index in [1.165, 1.54) is 44.2 Å². The van der Waals surface area contributed by atoms with Crippen molar-refractivity contribution in [2.45, 2.75) is 5.41 Å². The number of benzene rings is 6. The van der Waals surface area contributed by atoms with Gasteiger partial charge in [-0.2, -0.15) is 0 Å². The molecular weight excluding hydrogens is 434 g/mol. The molecule has 0 fully saturated rings. The maximum absolute atomic E-state index is 3.69. The third-order valence-electron chi connectivity index (χ3n) is 7.50. The van der Waals surface area contributed by atoms with Gasteiger partial charge in [0.25, 0.3) is 0 Å². The van der Waals surface area contributed by atoms with E-state index in [0.717, 1.165) is 11.4 Å². The number of rotatable bonds is 4. The first-order valence-electron chi connectivity index (χ1n) is 12.5. The Bertz CT molecular complexity index is 1660. The molecule has 0 bridgehead atoms. The van der Waals surface area contributed by atoms with E-state index in [0.29, 0.717) is 0 Å². The molecular formula is C35H25N. The molecule has 0 heterocycles. The summed E-state index contributed by atoms with van der Waals surface area (Å²) in [6.45, 7) is 0. The molecule has 36 heavy (non-hydrogen) atoms. The third kappa shape index (κ3) is 3.10. The van der Waals surface area contributed by atoms with Gasteiger partial charge < -0.3 is 5.32 Å². The number of fused-ring (bicyclic) bond motifs is 4. The van der Waals surface area contributed by atoms with E-state index >= 15 is 0 Å². The molecule has 6 aromatic carbocycles. The summed E-state index contributed by atoms with van der Waals surface area (Å²) in [5.41, 5.74) is 9.61. The minimum Gasteiger partial charge on any atom is -0.355 e. The van der Waals surface area contributed by atoms with Gasteiger partial charge in [-0.05, 0) is 68.4 Å². The van der Waals surface area contributed by atoms with Crippen LogP contribution in [0.4, 0.5) is 11.4 Å². The molecule has 0 aliphatic heterocycles. The van der Waals surface area contributed by atoms with Crippen molar-refractivity contribution in [3.05, 3.63) is 168 Å². The topological polar surface area (TPSA) is 12.0 Å². The Kier molecular flexibility index (Phi) is 4.75. The van der Waals surface area contributed by atoms with Crippen molar-refractivity contribution in [3.63, 3.8) is 0 Å². The molecule has 1 heteroatoms. The Morgan fingerprint density at radius 3 is 1.69 bits per heavy atom. The molecule has 1 nitrogen and oxygen atoms in total. The highest BCUT2D eigenvalue weighted by molar-refractivity contribution is 5.89. The van der Waals surface area contributed by atoms with Gasteiger partial charge in [0, 0.05) is 11.4 Å². The molecule has 6 aromatic rings. The summed E-state index contributed by atoms with van der Waals surface area (Å²) in [6, 6.07) is 52.6. The highest BCUT2D eigenvalue weighted by atomic mass is 14.9. The second-order valence-corrected chi connectivity index (χ2v) is 9.47. The van der Waals surface area contributed by atoms with Gasteiger partial charge in [-0.25, -0.2) is 0 Å². The molecule has 0 aromatic heterocycles. The van der Waals surface area contributed by atoms with Crippen LogP contribution in [-0.4, -0.2) is 0 Å². The molecule has 1 aliphatic carbocycles. The average Bonchev–Trinajstić information content (AvgIpc) is 3.24. The lowest BCUT2D eigenvalue weighted by Gasteiger charge is -2.34. The number of anilines is 2. The zero-order valence-electron chi connectivity index (χ0n) is 19.9. The Morgan fingerprint density at radius 2 is 0.944 bits per heavy atom. The van der Waals surface area contributed by atoms with Crippen molar-refractivity contribution in [3.8, 4) is 11.1 Å². The van der Waals surface area contributed by atoms with E-state index in [-0.39, 0.29) is 5.41 Å². The van der Waals surface area contributed by atoms with E-state index in [1.807, 2.05) is 0 Å². The van der Waals surface area contributed by atoms with Gasteiger partial charge in [-0.15, -0.1) is 0 Å². The largest absolute Gasteiger partial charge is 0.355 e. The third-order valence-corrected chi connectivity index (χ3v) is 7.50. The van der Waals surface area contributed by atoms with E-state index in [2.05, 4.69) is 151 Å². The molecule has 7 rings (SSSR count). The lowest BCUT2D eigenvalue weighted by Crippen LogP contribution is -2.28. The number of hydrogen-bond donors (Lipinski definition) is 1. The van der Waals surface area contributed by atoms with Crippen molar-refractivity contribution in [1.82, 2.24) is 0 Å². The summed E-state index contributed by atoms with van der Waals surface area (Å²) in [7, 11) is 0. The lowest BCUT2D eigenvalue weighted by molar-refractivity contribution is 0.769. The first-order chi connectivity index (χ1) is 17.8. The van der Waals surface area contributed by atoms with Crippen LogP contribution in [0.3, 0.4) is 0 Å². The van der Waals surface area contributed by atoms with E-state index in [4.69, 9.17) is 0 Å². The summed E-state index contributed by atoms with van der Waals surface area (Å²) in [5.74, 6) is 0. The minimum atomic E-state index is -0.379. The summed E-state index contributed by atoms with van der Waals surface area (Å²) in [4.78, 5) is 0. The molecule has 0 unspecified atom stereocenters. The van der Waals surface area contributed by atoms with E-state index in [1.54, 1.807) is 0 Å². The second kappa shape index (κ2) is 8.25. The van der Waals surface area contributed by atoms with Crippen LogP contribution in [0.5, 0.6) is 0 Å². The second-order valence-electron chi connectivity index (χ2n) is 9.47. The lowest BCUT2D eigenvalue weighted by atomic mass is 9.67. The highest BCUT2D eigenvalue weighted by Crippen LogP contribution is 2.56. The fourth-order valence-corrected chi connectivity index (χ4v) is 5.96. The van der Waals surface area contributed by atoms with Gasteiger partial charge >= 0.3 is 0 Å². The smallest absolute Gasteiger partial charge is 0.0714 e. The molecule has 0 radical (unpaired) electrons. The van der Waals surface area contributed by atoms with Crippen molar-refractivity contribution in [2.75, 3.05) is 5.32 Å². The average molecular weight is 460 g/mol. The predicted octanol–water partition coefficient (Wildman–Crippen LogP) is 8.95. The maximum Gasteiger partial charge on any atom is 0.0714 e. The fourth-order valence-electron chi connectivity index (χ4n) is 5.96. The minimum absolute atomic E-state index is 0.379. The van der Waals surface area contributed by atoms with Gasteiger partial charge in [0.05, 0.1) is 5.41 Å². The molecule has 0 amide bonds. The van der Waals surface area contributed by atoms with Crippen molar-refractivity contribution < 1.29 is 0 Å². The first kappa shape index (κ1) is 20.7. The summed E-state index contributed by atoms with van der Waals surface area (Å²) in [5, 5.41) is 6.18. The van der Waals surface area contributed by atoms with E-state index in [9.17, 15) is 0 Å². The van der Waals surface area contributed by atoms with Crippen LogP contribution in [0, 0.1) is 0 Å². The zero-order chi connectivity index (χ0) is 24.0. The SMILES string of the molecule is c1ccc(C2(c3ccccc3)c3ccccc3-c3ccc(Nc4ccc5ccccc5c4)cc32)cc1. The predicted molar refractivity (Wildman–Crippen MR) is 151 cm³/mol. The molecule has 0 spiro atoms. The van der Waals surface area contributed by atoms with Crippen LogP contribution < -0.4 is 5.32 Å². The molecule has 1 aliphatic rings. The van der Waals surface area contributed by atoms with Gasteiger partial charge in [-0.1, -0.05) is 121 Å². The first-order valence-corrected chi connectivity index (χ1v) is 12.5. The monoisotopic (exact) mass is 459 g/mol. The zero-order valence-corrected chi connectivity index (χ0v) is 19.9. The van der Waals surface area contributed by atoms with Gasteiger partial charge in [0.2, 0.25) is 0 Å². The normalized spacial score (nSPS) is 13.2. The Labute approximate surface area is 211 Å². The standard InChI is InChI=1S/C35H25N/c1-3-13-27(14-4-1)35(28-15-5-2-6-16-28)33-18-10-9-17-31(33)32-22-21-30(24-34(32)35)36-29-20-19-25-11-7-8-12-26(25)23-29/h1-24,36H. The van der Waals surface area contributed by atoms with Crippen LogP contribution in [0.15, 0.2) is 146 Å². The maximum atomic E-state index is 3.69. The Balaban J connectivity index is 1.45. The van der Waals surface area contributed by atoms with Crippen LogP contribution >= 0.6 is 0 Å². The van der Waals surface area contributed by atoms with Crippen LogP contribution in [0.2, 0.25) is 0 Å². The highest BCUT2D eigenvalue weighted by Gasteiger charge is 2.45. The number of hydrogen-bond acceptors (Lipinski definition) is 1. The number of nitrogens with one attached hydrogen (secondary N) is 1. The Morgan fingerprint density at radius 1 is 0.389 bits per heavy atom. The van der Waals surface area contributed by atoms with E-state index < -0.39 is 0 Å². The molecule has 1 N–H and O–H groups in total. The van der Waals surface area contributed by atoms with Crippen molar-refractivity contribution in [2.24, 2.45) is 0 Å². The fraction of sp³-hybridized carbons (Fsp3) is 0.0286.